The Morgan fingerprint density at radius 3 is 2.84 bits per heavy atom. The van der Waals surface area contributed by atoms with Crippen molar-refractivity contribution >= 4 is 21.4 Å². The van der Waals surface area contributed by atoms with Gasteiger partial charge in [-0.25, -0.2) is 18.1 Å². The summed E-state index contributed by atoms with van der Waals surface area (Å²) in [5.41, 5.74) is 2.40. The molecule has 0 fully saturated rings. The minimum Gasteiger partial charge on any atom is -0.495 e. The summed E-state index contributed by atoms with van der Waals surface area (Å²) in [4.78, 5) is 8.64. The number of hydrogen-bond donors (Lipinski definition) is 1. The lowest BCUT2D eigenvalue weighted by Gasteiger charge is -2.10. The average Bonchev–Trinajstić information content (AvgIpc) is 3.10. The highest BCUT2D eigenvalue weighted by Crippen LogP contribution is 2.26. The van der Waals surface area contributed by atoms with Crippen molar-refractivity contribution in [2.45, 2.75) is 18.4 Å². The van der Waals surface area contributed by atoms with Crippen LogP contribution in [-0.4, -0.2) is 25.5 Å². The predicted octanol–water partition coefficient (Wildman–Crippen LogP) is 3.00. The highest BCUT2D eigenvalue weighted by Gasteiger charge is 2.20. The normalized spacial score (nSPS) is 11.4. The van der Waals surface area contributed by atoms with Crippen LogP contribution in [0.15, 0.2) is 53.0 Å². The monoisotopic (exact) mass is 375 g/mol. The third-order valence-corrected chi connectivity index (χ3v) is 5.87. The van der Waals surface area contributed by atoms with E-state index in [1.807, 2.05) is 24.4 Å². The third kappa shape index (κ3) is 4.04. The molecule has 0 unspecified atom stereocenters. The van der Waals surface area contributed by atoms with Crippen LogP contribution in [0, 0.1) is 6.92 Å². The fourth-order valence-electron chi connectivity index (χ4n) is 2.25. The van der Waals surface area contributed by atoms with Crippen LogP contribution >= 0.6 is 11.3 Å². The molecule has 0 amide bonds. The number of methoxy groups -OCH3 is 1. The van der Waals surface area contributed by atoms with Crippen molar-refractivity contribution in [2.24, 2.45) is 0 Å². The summed E-state index contributed by atoms with van der Waals surface area (Å²) in [5.74, 6) is 0.312. The maximum absolute atomic E-state index is 12.6. The number of benzene rings is 1. The van der Waals surface area contributed by atoms with Gasteiger partial charge in [0.2, 0.25) is 10.0 Å². The quantitative estimate of drug-likeness (QED) is 0.716. The summed E-state index contributed by atoms with van der Waals surface area (Å²) in [7, 11) is -2.25. The molecule has 0 aliphatic carbocycles. The number of rotatable bonds is 6. The second-order valence-corrected chi connectivity index (χ2v) is 7.96. The molecule has 8 heteroatoms. The van der Waals surface area contributed by atoms with Crippen LogP contribution in [0.4, 0.5) is 0 Å². The topological polar surface area (TPSA) is 81.2 Å². The molecule has 0 saturated carbocycles. The van der Waals surface area contributed by atoms with Crippen molar-refractivity contribution in [3.8, 4) is 16.3 Å². The fraction of sp³-hybridized carbons (Fsp3) is 0.176. The number of hydrogen-bond acceptors (Lipinski definition) is 6. The molecular formula is C17H17N3O3S2. The highest BCUT2D eigenvalue weighted by atomic mass is 32.2. The van der Waals surface area contributed by atoms with Crippen molar-refractivity contribution < 1.29 is 13.2 Å². The Morgan fingerprint density at radius 2 is 2.12 bits per heavy atom. The van der Waals surface area contributed by atoms with Crippen LogP contribution in [0.2, 0.25) is 0 Å². The van der Waals surface area contributed by atoms with E-state index in [1.165, 1.54) is 18.4 Å². The molecule has 0 spiro atoms. The maximum atomic E-state index is 12.6. The van der Waals surface area contributed by atoms with E-state index in [2.05, 4.69) is 14.7 Å². The smallest absolute Gasteiger partial charge is 0.244 e. The molecule has 0 bridgehead atoms. The summed E-state index contributed by atoms with van der Waals surface area (Å²) in [6, 6.07) is 8.79. The molecule has 1 N–H and O–H groups in total. The van der Waals surface area contributed by atoms with Crippen molar-refractivity contribution in [3.63, 3.8) is 0 Å². The molecule has 2 aromatic heterocycles. The van der Waals surface area contributed by atoms with Crippen molar-refractivity contribution in [1.29, 1.82) is 0 Å². The number of aromatic nitrogens is 2. The first kappa shape index (κ1) is 17.5. The molecule has 1 aromatic carbocycles. The number of thiazole rings is 1. The lowest BCUT2D eigenvalue weighted by atomic mass is 10.2. The zero-order chi connectivity index (χ0) is 17.9. The van der Waals surface area contributed by atoms with Crippen molar-refractivity contribution in [3.05, 3.63) is 59.4 Å². The fourth-order valence-corrected chi connectivity index (χ4v) is 4.31. The van der Waals surface area contributed by atoms with Crippen LogP contribution in [0.25, 0.3) is 10.6 Å². The van der Waals surface area contributed by atoms with Gasteiger partial charge in [-0.2, -0.15) is 0 Å². The minimum atomic E-state index is -3.70. The Balaban J connectivity index is 1.77. The van der Waals surface area contributed by atoms with Gasteiger partial charge in [0.1, 0.15) is 15.7 Å². The van der Waals surface area contributed by atoms with Crippen LogP contribution in [0.5, 0.6) is 5.75 Å². The van der Waals surface area contributed by atoms with Gasteiger partial charge in [0.05, 0.1) is 19.3 Å². The lowest BCUT2D eigenvalue weighted by molar-refractivity contribution is 0.402. The van der Waals surface area contributed by atoms with Crippen LogP contribution < -0.4 is 9.46 Å². The van der Waals surface area contributed by atoms with Gasteiger partial charge in [-0.3, -0.25) is 4.98 Å². The van der Waals surface area contributed by atoms with Gasteiger partial charge < -0.3 is 4.74 Å². The summed E-state index contributed by atoms with van der Waals surface area (Å²) in [5, 5.41) is 2.63. The highest BCUT2D eigenvalue weighted by molar-refractivity contribution is 7.89. The molecular weight excluding hydrogens is 358 g/mol. The number of nitrogens with one attached hydrogen (secondary N) is 1. The first-order valence-electron chi connectivity index (χ1n) is 7.49. The summed E-state index contributed by atoms with van der Waals surface area (Å²) < 4.78 is 32.9. The van der Waals surface area contributed by atoms with Crippen molar-refractivity contribution in [2.75, 3.05) is 7.11 Å². The van der Waals surface area contributed by atoms with E-state index in [9.17, 15) is 8.42 Å². The van der Waals surface area contributed by atoms with Gasteiger partial charge in [-0.05, 0) is 36.8 Å². The van der Waals surface area contributed by atoms with E-state index < -0.39 is 10.0 Å². The molecule has 0 radical (unpaired) electrons. The van der Waals surface area contributed by atoms with E-state index in [1.54, 1.807) is 30.6 Å². The van der Waals surface area contributed by atoms with E-state index in [0.29, 0.717) is 11.4 Å². The molecule has 130 valence electrons. The van der Waals surface area contributed by atoms with E-state index in [-0.39, 0.29) is 11.4 Å². The number of ether oxygens (including phenoxy) is 1. The number of sulfonamides is 1. The lowest BCUT2D eigenvalue weighted by Crippen LogP contribution is -2.24. The van der Waals surface area contributed by atoms with Gasteiger partial charge in [0.25, 0.3) is 0 Å². The molecule has 0 aliphatic heterocycles. The maximum Gasteiger partial charge on any atom is 0.244 e. The largest absolute Gasteiger partial charge is 0.495 e. The molecule has 3 aromatic rings. The Hall–Kier alpha value is -2.29. The Kier molecular flexibility index (Phi) is 5.12. The predicted molar refractivity (Wildman–Crippen MR) is 97.1 cm³/mol. The molecule has 0 saturated heterocycles. The zero-order valence-electron chi connectivity index (χ0n) is 13.8. The van der Waals surface area contributed by atoms with E-state index in [4.69, 9.17) is 4.74 Å². The summed E-state index contributed by atoms with van der Waals surface area (Å²) in [6.45, 7) is 1.94. The standard InChI is InChI=1S/C17H17N3O3S2/c1-12-5-6-15(23-2)16(8-12)25(21,22)19-10-14-11-24-17(20-14)13-4-3-7-18-9-13/h3-9,11,19H,10H2,1-2H3. The molecule has 3 rings (SSSR count). The first-order valence-corrected chi connectivity index (χ1v) is 9.85. The Bertz CT molecular complexity index is 970. The number of aryl methyl sites for hydroxylation is 1. The van der Waals surface area contributed by atoms with Crippen LogP contribution in [0.1, 0.15) is 11.3 Å². The Labute approximate surface area is 150 Å². The van der Waals surface area contributed by atoms with Crippen LogP contribution in [0.3, 0.4) is 0 Å². The zero-order valence-corrected chi connectivity index (χ0v) is 15.4. The van der Waals surface area contributed by atoms with Crippen molar-refractivity contribution in [1.82, 2.24) is 14.7 Å². The molecule has 2 heterocycles. The molecule has 0 aliphatic rings. The SMILES string of the molecule is COc1ccc(C)cc1S(=O)(=O)NCc1csc(-c2cccnc2)n1. The first-order chi connectivity index (χ1) is 12.0. The Morgan fingerprint density at radius 1 is 1.28 bits per heavy atom. The second-order valence-electron chi connectivity index (χ2n) is 5.36. The second kappa shape index (κ2) is 7.30. The van der Waals surface area contributed by atoms with Gasteiger partial charge in [0.15, 0.2) is 0 Å². The molecule has 25 heavy (non-hydrogen) atoms. The van der Waals surface area contributed by atoms with E-state index in [0.717, 1.165) is 16.1 Å². The third-order valence-electron chi connectivity index (χ3n) is 3.51. The van der Waals surface area contributed by atoms with Gasteiger partial charge in [-0.1, -0.05) is 6.07 Å². The van der Waals surface area contributed by atoms with Gasteiger partial charge in [-0.15, -0.1) is 11.3 Å². The number of nitrogens with zero attached hydrogens (tertiary/aromatic N) is 2. The minimum absolute atomic E-state index is 0.107. The van der Waals surface area contributed by atoms with E-state index >= 15 is 0 Å². The summed E-state index contributed by atoms with van der Waals surface area (Å²) >= 11 is 1.45. The van der Waals surface area contributed by atoms with Crippen LogP contribution in [-0.2, 0) is 16.6 Å². The van der Waals surface area contributed by atoms with Gasteiger partial charge >= 0.3 is 0 Å². The molecule has 6 nitrogen and oxygen atoms in total. The number of pyridine rings is 1. The summed E-state index contributed by atoms with van der Waals surface area (Å²) in [6.07, 6.45) is 3.42. The average molecular weight is 375 g/mol. The van der Waals surface area contributed by atoms with Gasteiger partial charge in [0, 0.05) is 23.3 Å². The molecule has 0 atom stereocenters.